The molecule has 3 aliphatic rings. The van der Waals surface area contributed by atoms with Gasteiger partial charge in [-0.1, -0.05) is 24.3 Å². The van der Waals surface area contributed by atoms with E-state index < -0.39 is 53.5 Å². The van der Waals surface area contributed by atoms with Crippen molar-refractivity contribution >= 4 is 17.6 Å². The molecule has 54 heavy (non-hydrogen) atoms. The summed E-state index contributed by atoms with van der Waals surface area (Å²) in [6.07, 6.45) is -2.92. The fraction of sp³-hybridized carbons (Fsp3) is 0.341. The molecule has 3 aliphatic heterocycles. The standard InChI is InChI=1S/C41H40F2N2O9/c1-23(46)29-15-27(3-7-31(29)42)21-44-33(17-25-5-9-35-37(19-25)53-13-11-51-35)39(48)40(49)34(18-26-6-10-36-38(20-26)54-14-12-52-36)45(41(44)50)22-28-4-8-32(43)30(16-28)24(2)47/h3-10,15-16,19-20,33-34,39-40,48-49H,11-14,17-18,21-22H2,1-2H3/t33-,34-,39+,40+/m1/s1. The molecule has 282 valence electrons. The number of ether oxygens (including phenoxy) is 4. The fourth-order valence-electron chi connectivity index (χ4n) is 7.29. The molecule has 0 aromatic heterocycles. The van der Waals surface area contributed by atoms with Gasteiger partial charge in [-0.15, -0.1) is 0 Å². The van der Waals surface area contributed by atoms with Crippen molar-refractivity contribution in [3.63, 3.8) is 0 Å². The summed E-state index contributed by atoms with van der Waals surface area (Å²) in [4.78, 5) is 42.6. The Balaban J connectivity index is 1.33. The Hall–Kier alpha value is -5.53. The zero-order valence-corrected chi connectivity index (χ0v) is 29.8. The third-order valence-corrected chi connectivity index (χ3v) is 10.1. The molecule has 11 nitrogen and oxygen atoms in total. The van der Waals surface area contributed by atoms with Crippen LogP contribution in [0.1, 0.15) is 56.8 Å². The zero-order chi connectivity index (χ0) is 38.1. The van der Waals surface area contributed by atoms with Crippen LogP contribution < -0.4 is 18.9 Å². The number of hydrogen-bond donors (Lipinski definition) is 2. The maximum atomic E-state index is 15.1. The molecular formula is C41H40F2N2O9. The minimum atomic E-state index is -1.52. The normalized spacial score (nSPS) is 20.7. The number of aliphatic hydroxyl groups excluding tert-OH is 2. The van der Waals surface area contributed by atoms with Gasteiger partial charge in [0, 0.05) is 13.1 Å². The van der Waals surface area contributed by atoms with E-state index in [1.54, 1.807) is 36.4 Å². The SMILES string of the molecule is CC(=O)c1cc(CN2C(=O)N(Cc3ccc(F)c(C(C)=O)c3)[C@H](Cc3ccc4c(c3)OCCO4)[C@H](O)[C@@H](O)[C@H]2Cc2ccc3c(c2)OCCO3)ccc1F. The van der Waals surface area contributed by atoms with Crippen LogP contribution in [0.5, 0.6) is 23.0 Å². The number of amides is 2. The van der Waals surface area contributed by atoms with Crippen molar-refractivity contribution in [1.82, 2.24) is 9.80 Å². The van der Waals surface area contributed by atoms with Gasteiger partial charge in [-0.3, -0.25) is 9.59 Å². The van der Waals surface area contributed by atoms with Gasteiger partial charge in [0.15, 0.2) is 34.6 Å². The van der Waals surface area contributed by atoms with E-state index >= 15 is 4.79 Å². The molecular weight excluding hydrogens is 702 g/mol. The highest BCUT2D eigenvalue weighted by Crippen LogP contribution is 2.36. The summed E-state index contributed by atoms with van der Waals surface area (Å²) in [7, 11) is 0. The van der Waals surface area contributed by atoms with Gasteiger partial charge < -0.3 is 39.0 Å². The van der Waals surface area contributed by atoms with Crippen molar-refractivity contribution in [2.24, 2.45) is 0 Å². The van der Waals surface area contributed by atoms with Crippen LogP contribution in [-0.2, 0) is 25.9 Å². The van der Waals surface area contributed by atoms with Crippen molar-refractivity contribution in [2.45, 2.75) is 64.1 Å². The molecule has 7 rings (SSSR count). The van der Waals surface area contributed by atoms with Gasteiger partial charge in [-0.25, -0.2) is 13.6 Å². The maximum Gasteiger partial charge on any atom is 0.321 e. The second-order valence-electron chi connectivity index (χ2n) is 13.8. The average Bonchev–Trinajstić information content (AvgIpc) is 3.22. The monoisotopic (exact) mass is 742 g/mol. The van der Waals surface area contributed by atoms with Crippen molar-refractivity contribution in [1.29, 1.82) is 0 Å². The van der Waals surface area contributed by atoms with E-state index in [1.807, 2.05) is 0 Å². The number of nitrogens with zero attached hydrogens (tertiary/aromatic N) is 2. The number of urea groups is 1. The van der Waals surface area contributed by atoms with E-state index in [0.717, 1.165) is 12.1 Å². The second kappa shape index (κ2) is 15.4. The molecule has 4 aromatic carbocycles. The molecule has 1 saturated heterocycles. The summed E-state index contributed by atoms with van der Waals surface area (Å²) in [6, 6.07) is 15.9. The third kappa shape index (κ3) is 7.60. The smallest absolute Gasteiger partial charge is 0.321 e. The lowest BCUT2D eigenvalue weighted by molar-refractivity contribution is -0.0408. The minimum absolute atomic E-state index is 0.0665. The molecule has 2 N–H and O–H groups in total. The van der Waals surface area contributed by atoms with Gasteiger partial charge >= 0.3 is 6.03 Å². The predicted octanol–water partition coefficient (Wildman–Crippen LogP) is 5.29. The number of fused-ring (bicyclic) bond motifs is 2. The van der Waals surface area contributed by atoms with E-state index in [4.69, 9.17) is 18.9 Å². The quantitative estimate of drug-likeness (QED) is 0.208. The molecule has 0 unspecified atom stereocenters. The van der Waals surface area contributed by atoms with Gasteiger partial charge in [0.05, 0.1) is 23.2 Å². The first kappa shape index (κ1) is 36.8. The first-order valence-electron chi connectivity index (χ1n) is 17.8. The number of rotatable bonds is 10. The van der Waals surface area contributed by atoms with Crippen LogP contribution in [0.4, 0.5) is 13.6 Å². The Morgan fingerprint density at radius 1 is 0.593 bits per heavy atom. The molecule has 0 radical (unpaired) electrons. The second-order valence-corrected chi connectivity index (χ2v) is 13.8. The van der Waals surface area contributed by atoms with E-state index in [-0.39, 0.29) is 37.1 Å². The van der Waals surface area contributed by atoms with Gasteiger partial charge in [0.1, 0.15) is 50.3 Å². The molecule has 0 spiro atoms. The summed E-state index contributed by atoms with van der Waals surface area (Å²) in [5.74, 6) is -0.320. The van der Waals surface area contributed by atoms with Crippen LogP contribution in [-0.4, -0.2) is 88.3 Å². The highest BCUT2D eigenvalue weighted by atomic mass is 19.1. The predicted molar refractivity (Wildman–Crippen MR) is 191 cm³/mol. The van der Waals surface area contributed by atoms with Crippen LogP contribution >= 0.6 is 0 Å². The molecule has 0 bridgehead atoms. The van der Waals surface area contributed by atoms with Gasteiger partial charge in [0.2, 0.25) is 0 Å². The minimum Gasteiger partial charge on any atom is -0.486 e. The Morgan fingerprint density at radius 2 is 0.963 bits per heavy atom. The molecule has 3 heterocycles. The van der Waals surface area contributed by atoms with Crippen LogP contribution in [0.25, 0.3) is 0 Å². The first-order valence-corrected chi connectivity index (χ1v) is 17.8. The lowest BCUT2D eigenvalue weighted by atomic mass is 9.90. The van der Waals surface area contributed by atoms with E-state index in [0.29, 0.717) is 71.7 Å². The van der Waals surface area contributed by atoms with Crippen molar-refractivity contribution in [3.8, 4) is 23.0 Å². The molecule has 1 fully saturated rings. The Morgan fingerprint density at radius 3 is 1.35 bits per heavy atom. The number of carbonyl (C=O) groups is 3. The van der Waals surface area contributed by atoms with Crippen LogP contribution in [0.2, 0.25) is 0 Å². The summed E-state index contributed by atoms with van der Waals surface area (Å²) < 4.78 is 52.3. The summed E-state index contributed by atoms with van der Waals surface area (Å²) in [5, 5.41) is 24.3. The van der Waals surface area contributed by atoms with Crippen LogP contribution in [0.15, 0.2) is 72.8 Å². The first-order chi connectivity index (χ1) is 26.0. The third-order valence-electron chi connectivity index (χ3n) is 10.1. The summed E-state index contributed by atoms with van der Waals surface area (Å²) in [6.45, 7) is 3.62. The molecule has 2 amide bonds. The lowest BCUT2D eigenvalue weighted by Crippen LogP contribution is -2.50. The van der Waals surface area contributed by atoms with Gasteiger partial charge in [0.25, 0.3) is 0 Å². The van der Waals surface area contributed by atoms with Gasteiger partial charge in [-0.05, 0) is 97.5 Å². The Labute approximate surface area is 310 Å². The number of carbonyl (C=O) groups excluding carboxylic acids is 3. The molecule has 4 atom stereocenters. The number of hydrogen-bond acceptors (Lipinski definition) is 9. The van der Waals surface area contributed by atoms with Crippen LogP contribution in [0.3, 0.4) is 0 Å². The largest absolute Gasteiger partial charge is 0.486 e. The number of aliphatic hydroxyl groups is 2. The Bertz CT molecular complexity index is 1950. The van der Waals surface area contributed by atoms with Crippen molar-refractivity contribution in [3.05, 3.63) is 118 Å². The Kier molecular flexibility index (Phi) is 10.5. The zero-order valence-electron chi connectivity index (χ0n) is 29.8. The molecule has 0 aliphatic carbocycles. The topological polar surface area (TPSA) is 135 Å². The number of Topliss-reactive ketones (excluding diaryl/α,β-unsaturated/α-hetero) is 2. The van der Waals surface area contributed by atoms with E-state index in [9.17, 15) is 28.6 Å². The lowest BCUT2D eigenvalue weighted by Gasteiger charge is -2.36. The fourth-order valence-corrected chi connectivity index (χ4v) is 7.29. The summed E-state index contributed by atoms with van der Waals surface area (Å²) in [5.41, 5.74) is 1.87. The number of halogens is 2. The van der Waals surface area contributed by atoms with Gasteiger partial charge in [-0.2, -0.15) is 0 Å². The molecule has 0 saturated carbocycles. The molecule has 13 heteroatoms. The molecule has 4 aromatic rings. The van der Waals surface area contributed by atoms with Crippen LogP contribution in [0, 0.1) is 11.6 Å². The maximum absolute atomic E-state index is 15.1. The summed E-state index contributed by atoms with van der Waals surface area (Å²) >= 11 is 0. The highest BCUT2D eigenvalue weighted by molar-refractivity contribution is 5.95. The van der Waals surface area contributed by atoms with E-state index in [2.05, 4.69) is 0 Å². The van der Waals surface area contributed by atoms with Crippen molar-refractivity contribution in [2.75, 3.05) is 26.4 Å². The van der Waals surface area contributed by atoms with E-state index in [1.165, 1.54) is 47.9 Å². The number of benzene rings is 4. The number of ketones is 2. The average molecular weight is 743 g/mol. The highest BCUT2D eigenvalue weighted by Gasteiger charge is 2.46. The van der Waals surface area contributed by atoms with Crippen molar-refractivity contribution < 1.29 is 52.3 Å².